The van der Waals surface area contributed by atoms with Crippen LogP contribution >= 0.6 is 28.3 Å². The molecule has 1 aromatic carbocycles. The van der Waals surface area contributed by atoms with Crippen LogP contribution in [0.4, 0.5) is 34.6 Å². The molecule has 1 aliphatic rings. The molecule has 3 aromatic rings. The summed E-state index contributed by atoms with van der Waals surface area (Å²) >= 11 is 3.31. The number of carbonyl (C=O) groups excluding carboxylic acids is 1. The lowest BCUT2D eigenvalue weighted by atomic mass is 10.0. The predicted molar refractivity (Wildman–Crippen MR) is 133 cm³/mol. The van der Waals surface area contributed by atoms with Crippen molar-refractivity contribution >= 4 is 51.3 Å². The van der Waals surface area contributed by atoms with Crippen molar-refractivity contribution in [3.05, 3.63) is 69.8 Å². The molecule has 0 saturated carbocycles. The van der Waals surface area contributed by atoms with E-state index in [-0.39, 0.29) is 40.8 Å². The van der Waals surface area contributed by atoms with Crippen molar-refractivity contribution in [2.75, 3.05) is 30.1 Å². The van der Waals surface area contributed by atoms with Gasteiger partial charge in [0.2, 0.25) is 5.88 Å². The predicted octanol–water partition coefficient (Wildman–Crippen LogP) is 5.47. The van der Waals surface area contributed by atoms with E-state index in [4.69, 9.17) is 10.5 Å². The van der Waals surface area contributed by atoms with Crippen LogP contribution in [0.25, 0.3) is 0 Å². The average molecular weight is 591 g/mol. The van der Waals surface area contributed by atoms with E-state index in [0.29, 0.717) is 36.3 Å². The summed E-state index contributed by atoms with van der Waals surface area (Å²) in [7, 11) is 1.43. The molecule has 2 N–H and O–H groups in total. The molecule has 0 spiro atoms. The molecule has 36 heavy (non-hydrogen) atoms. The zero-order valence-corrected chi connectivity index (χ0v) is 21.3. The number of alkyl halides is 3. The highest BCUT2D eigenvalue weighted by atomic mass is 79.9. The van der Waals surface area contributed by atoms with Crippen molar-refractivity contribution in [2.45, 2.75) is 19.0 Å². The Kier molecular flexibility index (Phi) is 8.42. The molecular weight excluding hydrogens is 570 g/mol. The maximum Gasteiger partial charge on any atom is 0.433 e. The summed E-state index contributed by atoms with van der Waals surface area (Å²) in [6.45, 7) is 0.296. The Hall–Kier alpha value is -2.96. The van der Waals surface area contributed by atoms with Gasteiger partial charge in [-0.25, -0.2) is 14.4 Å². The van der Waals surface area contributed by atoms with Gasteiger partial charge < -0.3 is 15.4 Å². The normalized spacial score (nSPS) is 13.4. The Balaban J connectivity index is 0.00000361. The summed E-state index contributed by atoms with van der Waals surface area (Å²) in [6.07, 6.45) is -2.72. The first-order valence-electron chi connectivity index (χ1n) is 10.5. The summed E-state index contributed by atoms with van der Waals surface area (Å²) < 4.78 is 59.7. The molecule has 192 valence electrons. The standard InChI is InChI=1S/C23H20BrF4N5O2.ClH/c1-35-20-7-6-17(21(24)31-20)33-12-32(16-5-4-14(25)9-13(16)3-2-8-29)18-11-30-19(23(26,27)28)10-15(18)22(33)34;/h4-7,9-11H,2-3,8,12,29H2,1H3;1H. The highest BCUT2D eigenvalue weighted by molar-refractivity contribution is 9.10. The molecule has 0 fully saturated rings. The molecule has 0 unspecified atom stereocenters. The zero-order valence-electron chi connectivity index (χ0n) is 18.9. The Bertz CT molecular complexity index is 1280. The molecule has 0 radical (unpaired) electrons. The van der Waals surface area contributed by atoms with Crippen molar-refractivity contribution in [2.24, 2.45) is 5.73 Å². The highest BCUT2D eigenvalue weighted by Crippen LogP contribution is 2.41. The van der Waals surface area contributed by atoms with Gasteiger partial charge in [0.1, 0.15) is 22.8 Å². The van der Waals surface area contributed by atoms with Crippen molar-refractivity contribution < 1.29 is 27.1 Å². The number of nitrogens with zero attached hydrogens (tertiary/aromatic N) is 4. The fourth-order valence-corrected chi connectivity index (χ4v) is 4.36. The molecule has 0 saturated heterocycles. The first-order chi connectivity index (χ1) is 16.6. The number of fused-ring (bicyclic) bond motifs is 1. The van der Waals surface area contributed by atoms with Gasteiger partial charge in [0.15, 0.2) is 0 Å². The number of rotatable bonds is 6. The largest absolute Gasteiger partial charge is 0.481 e. The number of methoxy groups -OCH3 is 1. The van der Waals surface area contributed by atoms with Gasteiger partial charge >= 0.3 is 6.18 Å². The maximum absolute atomic E-state index is 14.1. The minimum absolute atomic E-state index is 0. The van der Waals surface area contributed by atoms with E-state index in [1.54, 1.807) is 11.0 Å². The average Bonchev–Trinajstić information content (AvgIpc) is 2.83. The van der Waals surface area contributed by atoms with Crippen molar-refractivity contribution in [3.63, 3.8) is 0 Å². The molecule has 4 rings (SSSR count). The van der Waals surface area contributed by atoms with E-state index in [2.05, 4.69) is 25.9 Å². The number of amides is 1. The Morgan fingerprint density at radius 1 is 1.11 bits per heavy atom. The quantitative estimate of drug-likeness (QED) is 0.303. The fraction of sp³-hybridized carbons (Fsp3) is 0.261. The molecule has 0 bridgehead atoms. The smallest absolute Gasteiger partial charge is 0.433 e. The van der Waals surface area contributed by atoms with Gasteiger partial charge in [-0.05, 0) is 71.2 Å². The molecule has 0 aliphatic carbocycles. The van der Waals surface area contributed by atoms with Crippen LogP contribution in [-0.2, 0) is 12.6 Å². The highest BCUT2D eigenvalue weighted by Gasteiger charge is 2.38. The van der Waals surface area contributed by atoms with E-state index < -0.39 is 23.6 Å². The van der Waals surface area contributed by atoms with Gasteiger partial charge in [-0.2, -0.15) is 13.2 Å². The van der Waals surface area contributed by atoms with Crippen molar-refractivity contribution in [1.29, 1.82) is 0 Å². The number of benzene rings is 1. The number of hydrogen-bond donors (Lipinski definition) is 1. The van der Waals surface area contributed by atoms with E-state index in [1.807, 2.05) is 0 Å². The van der Waals surface area contributed by atoms with E-state index in [9.17, 15) is 22.4 Å². The number of carbonyl (C=O) groups is 1. The van der Waals surface area contributed by atoms with Gasteiger partial charge in [0.05, 0.1) is 30.2 Å². The number of ether oxygens (including phenoxy) is 1. The van der Waals surface area contributed by atoms with Gasteiger partial charge in [-0.1, -0.05) is 0 Å². The second-order valence-corrected chi connectivity index (χ2v) is 8.47. The maximum atomic E-state index is 14.1. The Morgan fingerprint density at radius 2 is 1.83 bits per heavy atom. The second kappa shape index (κ2) is 11.0. The fourth-order valence-electron chi connectivity index (χ4n) is 3.84. The summed E-state index contributed by atoms with van der Waals surface area (Å²) in [5.41, 5.74) is 5.87. The molecule has 0 atom stereocenters. The lowest BCUT2D eigenvalue weighted by Crippen LogP contribution is -2.45. The van der Waals surface area contributed by atoms with Crippen LogP contribution in [-0.4, -0.2) is 36.2 Å². The molecule has 3 heterocycles. The Labute approximate surface area is 218 Å². The van der Waals surface area contributed by atoms with Crippen LogP contribution in [0.5, 0.6) is 5.88 Å². The third-order valence-electron chi connectivity index (χ3n) is 5.51. The molecular formula is C23H21BrClF4N5O2. The number of hydrogen-bond acceptors (Lipinski definition) is 6. The van der Waals surface area contributed by atoms with E-state index in [1.165, 1.54) is 36.3 Å². The first-order valence-corrected chi connectivity index (χ1v) is 11.3. The third kappa shape index (κ3) is 5.40. The van der Waals surface area contributed by atoms with Crippen LogP contribution in [0.1, 0.15) is 28.0 Å². The van der Waals surface area contributed by atoms with Crippen LogP contribution in [0.2, 0.25) is 0 Å². The Morgan fingerprint density at radius 3 is 2.47 bits per heavy atom. The minimum atomic E-state index is -4.74. The number of halogens is 6. The molecule has 1 aliphatic heterocycles. The van der Waals surface area contributed by atoms with Gasteiger partial charge in [0, 0.05) is 11.8 Å². The monoisotopic (exact) mass is 589 g/mol. The van der Waals surface area contributed by atoms with Gasteiger partial charge in [0.25, 0.3) is 5.91 Å². The first kappa shape index (κ1) is 27.6. The van der Waals surface area contributed by atoms with Crippen LogP contribution < -0.4 is 20.3 Å². The SMILES string of the molecule is COc1ccc(N2CN(c3ccc(F)cc3CCCN)c3cnc(C(F)(F)F)cc3C2=O)c(Br)n1.Cl. The van der Waals surface area contributed by atoms with Crippen molar-refractivity contribution in [3.8, 4) is 5.88 Å². The zero-order chi connectivity index (χ0) is 25.3. The number of aryl methyl sites for hydroxylation is 1. The molecule has 2 aromatic heterocycles. The summed E-state index contributed by atoms with van der Waals surface area (Å²) in [6, 6.07) is 7.97. The number of pyridine rings is 2. The molecule has 7 nitrogen and oxygen atoms in total. The second-order valence-electron chi connectivity index (χ2n) is 7.72. The third-order valence-corrected chi connectivity index (χ3v) is 6.09. The summed E-state index contributed by atoms with van der Waals surface area (Å²) in [5, 5.41) is 0. The topological polar surface area (TPSA) is 84.6 Å². The van der Waals surface area contributed by atoms with Crippen molar-refractivity contribution in [1.82, 2.24) is 9.97 Å². The van der Waals surface area contributed by atoms with E-state index in [0.717, 1.165) is 12.3 Å². The van der Waals surface area contributed by atoms with E-state index >= 15 is 0 Å². The van der Waals surface area contributed by atoms with Crippen LogP contribution in [0.3, 0.4) is 0 Å². The lowest BCUT2D eigenvalue weighted by Gasteiger charge is -2.39. The van der Waals surface area contributed by atoms with Crippen LogP contribution in [0.15, 0.2) is 47.2 Å². The number of nitrogens with two attached hydrogens (primary N) is 1. The van der Waals surface area contributed by atoms with Gasteiger partial charge in [-0.3, -0.25) is 9.69 Å². The minimum Gasteiger partial charge on any atom is -0.481 e. The summed E-state index contributed by atoms with van der Waals surface area (Å²) in [4.78, 5) is 24.1. The summed E-state index contributed by atoms with van der Waals surface area (Å²) in [5.74, 6) is -0.838. The number of aromatic nitrogens is 2. The van der Waals surface area contributed by atoms with Crippen LogP contribution in [0, 0.1) is 5.82 Å². The van der Waals surface area contributed by atoms with Gasteiger partial charge in [-0.15, -0.1) is 12.4 Å². The molecule has 13 heteroatoms. The number of anilines is 3. The molecule has 1 amide bonds. The lowest BCUT2D eigenvalue weighted by molar-refractivity contribution is -0.141.